The number of hydrogen-bond acceptors (Lipinski definition) is 3. The topological polar surface area (TPSA) is 26.3 Å². The summed E-state index contributed by atoms with van der Waals surface area (Å²) in [5.41, 5.74) is 2.57. The zero-order chi connectivity index (χ0) is 14.6. The summed E-state index contributed by atoms with van der Waals surface area (Å²) >= 11 is 1.72. The summed E-state index contributed by atoms with van der Waals surface area (Å²) in [7, 11) is 0. The van der Waals surface area contributed by atoms with Crippen LogP contribution in [0.15, 0.2) is 17.5 Å². The second-order valence-electron chi connectivity index (χ2n) is 4.30. The molecular weight excluding hydrogens is 263 g/mol. The van der Waals surface area contributed by atoms with Crippen molar-refractivity contribution in [3.05, 3.63) is 38.4 Å². The lowest BCUT2D eigenvalue weighted by Gasteiger charge is -2.01. The Hall–Kier alpha value is -1.42. The molecule has 0 amide bonds. The Bertz CT molecular complexity index is 539. The molecule has 0 unspecified atom stereocenters. The minimum atomic E-state index is -0.903. The monoisotopic (exact) mass is 282 g/mol. The van der Waals surface area contributed by atoms with Crippen molar-refractivity contribution in [2.75, 3.05) is 6.61 Å². The minimum Gasteiger partial charge on any atom is -0.461 e. The second kappa shape index (κ2) is 6.66. The van der Waals surface area contributed by atoms with Gasteiger partial charge in [-0.15, -0.1) is 11.3 Å². The van der Waals surface area contributed by atoms with Crippen LogP contribution in [0.4, 0.5) is 4.39 Å². The Balaban J connectivity index is 2.98. The van der Waals surface area contributed by atoms with Crippen LogP contribution in [-0.2, 0) is 9.53 Å². The lowest BCUT2D eigenvalue weighted by Crippen LogP contribution is -2.05. The molecule has 0 spiro atoms. The first-order valence-corrected chi connectivity index (χ1v) is 6.98. The van der Waals surface area contributed by atoms with Gasteiger partial charge in [-0.3, -0.25) is 0 Å². The predicted molar refractivity (Wildman–Crippen MR) is 78.0 cm³/mol. The Morgan fingerprint density at radius 3 is 2.42 bits per heavy atom. The lowest BCUT2D eigenvalue weighted by atomic mass is 10.1. The van der Waals surface area contributed by atoms with Gasteiger partial charge in [-0.1, -0.05) is 12.2 Å². The number of hydrogen-bond donors (Lipinski definition) is 0. The fourth-order valence-corrected chi connectivity index (χ4v) is 2.75. The van der Waals surface area contributed by atoms with Crippen molar-refractivity contribution in [2.24, 2.45) is 0 Å². The average Bonchev–Trinajstić information content (AvgIpc) is 2.60. The third-order valence-corrected chi connectivity index (χ3v) is 4.06. The Morgan fingerprint density at radius 2 is 1.95 bits per heavy atom. The number of aryl methyl sites for hydroxylation is 2. The maximum atomic E-state index is 13.6. The number of ether oxygens (including phenoxy) is 1. The van der Waals surface area contributed by atoms with Gasteiger partial charge in [0.15, 0.2) is 0 Å². The van der Waals surface area contributed by atoms with Crippen LogP contribution in [0.25, 0.3) is 6.08 Å². The van der Waals surface area contributed by atoms with Gasteiger partial charge in [-0.05, 0) is 51.3 Å². The normalized spacial score (nSPS) is 12.7. The number of thiophene rings is 1. The third kappa shape index (κ3) is 3.77. The fourth-order valence-electron chi connectivity index (χ4n) is 1.69. The number of carbonyl (C=O) groups is 1. The van der Waals surface area contributed by atoms with Crippen LogP contribution >= 0.6 is 11.3 Å². The standard InChI is InChI=1S/C15H19FO2S/c1-6-18-15(17)14(16)9(2)7-8-13-10(3)11(4)19-12(13)5/h7-8H,6H2,1-5H3. The number of allylic oxidation sites excluding steroid dienone is 2. The molecule has 2 nitrogen and oxygen atoms in total. The van der Waals surface area contributed by atoms with Gasteiger partial charge in [0, 0.05) is 9.75 Å². The van der Waals surface area contributed by atoms with E-state index >= 15 is 0 Å². The number of carbonyl (C=O) groups excluding carboxylic acids is 1. The van der Waals surface area contributed by atoms with Gasteiger partial charge in [0.05, 0.1) is 6.61 Å². The third-order valence-electron chi connectivity index (χ3n) is 2.92. The molecular formula is C15H19FO2S. The number of halogens is 1. The highest BCUT2D eigenvalue weighted by Crippen LogP contribution is 2.28. The molecule has 1 aromatic rings. The van der Waals surface area contributed by atoms with Crippen LogP contribution < -0.4 is 0 Å². The van der Waals surface area contributed by atoms with E-state index in [1.165, 1.54) is 15.3 Å². The molecule has 0 aromatic carbocycles. The minimum absolute atomic E-state index is 0.172. The van der Waals surface area contributed by atoms with E-state index in [1.807, 2.05) is 19.9 Å². The van der Waals surface area contributed by atoms with E-state index in [4.69, 9.17) is 0 Å². The highest BCUT2D eigenvalue weighted by molar-refractivity contribution is 7.12. The van der Waals surface area contributed by atoms with E-state index in [2.05, 4.69) is 11.7 Å². The molecule has 104 valence electrons. The zero-order valence-electron chi connectivity index (χ0n) is 12.0. The average molecular weight is 282 g/mol. The molecule has 0 saturated carbocycles. The first-order chi connectivity index (χ1) is 8.88. The molecule has 0 saturated heterocycles. The number of esters is 1. The van der Waals surface area contributed by atoms with Crippen LogP contribution in [0.5, 0.6) is 0 Å². The molecule has 0 fully saturated rings. The highest BCUT2D eigenvalue weighted by atomic mass is 32.1. The Kier molecular flexibility index (Phi) is 5.48. The van der Waals surface area contributed by atoms with Crippen LogP contribution in [-0.4, -0.2) is 12.6 Å². The summed E-state index contributed by atoms with van der Waals surface area (Å²) in [6, 6.07) is 0. The van der Waals surface area contributed by atoms with Crippen molar-refractivity contribution < 1.29 is 13.9 Å². The summed E-state index contributed by atoms with van der Waals surface area (Å²) in [6.07, 6.45) is 3.47. The van der Waals surface area contributed by atoms with E-state index in [9.17, 15) is 9.18 Å². The summed E-state index contributed by atoms with van der Waals surface area (Å²) in [5, 5.41) is 0. The summed E-state index contributed by atoms with van der Waals surface area (Å²) in [6.45, 7) is 9.52. The van der Waals surface area contributed by atoms with Crippen molar-refractivity contribution in [1.82, 2.24) is 0 Å². The van der Waals surface area contributed by atoms with E-state index in [-0.39, 0.29) is 12.2 Å². The second-order valence-corrected chi connectivity index (χ2v) is 5.73. The van der Waals surface area contributed by atoms with E-state index < -0.39 is 11.8 Å². The summed E-state index contributed by atoms with van der Waals surface area (Å²) in [5.74, 6) is -1.74. The largest absolute Gasteiger partial charge is 0.461 e. The van der Waals surface area contributed by atoms with Gasteiger partial charge in [0.1, 0.15) is 0 Å². The highest BCUT2D eigenvalue weighted by Gasteiger charge is 2.12. The van der Waals surface area contributed by atoms with Crippen LogP contribution in [0.3, 0.4) is 0 Å². The van der Waals surface area contributed by atoms with E-state index in [0.717, 1.165) is 5.56 Å². The molecule has 0 radical (unpaired) electrons. The van der Waals surface area contributed by atoms with Crippen LogP contribution in [0, 0.1) is 20.8 Å². The van der Waals surface area contributed by atoms with E-state index in [0.29, 0.717) is 0 Å². The molecule has 0 atom stereocenters. The van der Waals surface area contributed by atoms with Crippen molar-refractivity contribution in [3.63, 3.8) is 0 Å². The molecule has 0 bridgehead atoms. The van der Waals surface area contributed by atoms with Crippen LogP contribution in [0.2, 0.25) is 0 Å². The van der Waals surface area contributed by atoms with Gasteiger partial charge < -0.3 is 4.74 Å². The molecule has 1 heterocycles. The molecule has 1 rings (SSSR count). The van der Waals surface area contributed by atoms with Crippen molar-refractivity contribution in [2.45, 2.75) is 34.6 Å². The first-order valence-electron chi connectivity index (χ1n) is 6.16. The van der Waals surface area contributed by atoms with Crippen molar-refractivity contribution in [1.29, 1.82) is 0 Å². The molecule has 0 aliphatic rings. The number of rotatable bonds is 4. The van der Waals surface area contributed by atoms with Crippen molar-refractivity contribution in [3.8, 4) is 0 Å². The zero-order valence-corrected chi connectivity index (χ0v) is 12.8. The Labute approximate surface area is 117 Å². The van der Waals surface area contributed by atoms with Gasteiger partial charge >= 0.3 is 5.97 Å². The van der Waals surface area contributed by atoms with Gasteiger partial charge in [-0.25, -0.2) is 4.79 Å². The molecule has 1 aromatic heterocycles. The maximum Gasteiger partial charge on any atom is 0.367 e. The van der Waals surface area contributed by atoms with Gasteiger partial charge in [-0.2, -0.15) is 4.39 Å². The fraction of sp³-hybridized carbons (Fsp3) is 0.400. The quantitative estimate of drug-likeness (QED) is 0.462. The molecule has 4 heteroatoms. The SMILES string of the molecule is CCOC(=O)C(F)=C(C)C=Cc1c(C)sc(C)c1C. The van der Waals surface area contributed by atoms with Crippen molar-refractivity contribution >= 4 is 23.4 Å². The van der Waals surface area contributed by atoms with Gasteiger partial charge in [0.2, 0.25) is 5.83 Å². The molecule has 0 N–H and O–H groups in total. The van der Waals surface area contributed by atoms with Gasteiger partial charge in [0.25, 0.3) is 0 Å². The molecule has 0 aliphatic heterocycles. The predicted octanol–water partition coefficient (Wildman–Crippen LogP) is 4.49. The summed E-state index contributed by atoms with van der Waals surface area (Å²) < 4.78 is 18.3. The molecule has 19 heavy (non-hydrogen) atoms. The molecule has 0 aliphatic carbocycles. The maximum absolute atomic E-state index is 13.6. The first kappa shape index (κ1) is 15.6. The summed E-state index contributed by atoms with van der Waals surface area (Å²) in [4.78, 5) is 13.7. The Morgan fingerprint density at radius 1 is 1.32 bits per heavy atom. The smallest absolute Gasteiger partial charge is 0.367 e. The van der Waals surface area contributed by atoms with E-state index in [1.54, 1.807) is 31.3 Å². The lowest BCUT2D eigenvalue weighted by molar-refractivity contribution is -0.140. The van der Waals surface area contributed by atoms with Crippen LogP contribution in [0.1, 0.15) is 34.7 Å².